The molecule has 0 spiro atoms. The molecule has 1 aromatic carbocycles. The Hall–Kier alpha value is -2.29. The largest absolute Gasteiger partial charge is 0.478 e. The molecule has 2 aliphatic rings. The van der Waals surface area contributed by atoms with E-state index in [0.29, 0.717) is 24.4 Å². The highest BCUT2D eigenvalue weighted by atomic mass is 16.5. The van der Waals surface area contributed by atoms with Gasteiger partial charge in [-0.2, -0.15) is 4.98 Å². The summed E-state index contributed by atoms with van der Waals surface area (Å²) in [6.07, 6.45) is 2.77. The molecule has 3 heterocycles. The molecule has 2 aliphatic heterocycles. The fourth-order valence-electron chi connectivity index (χ4n) is 3.60. The predicted octanol–water partition coefficient (Wildman–Crippen LogP) is 1.73. The van der Waals surface area contributed by atoms with Crippen molar-refractivity contribution in [1.29, 1.82) is 0 Å². The van der Waals surface area contributed by atoms with Gasteiger partial charge in [-0.3, -0.25) is 9.80 Å². The van der Waals surface area contributed by atoms with E-state index in [1.54, 1.807) is 24.3 Å². The first kappa shape index (κ1) is 18.1. The second-order valence-electron chi connectivity index (χ2n) is 7.11. The van der Waals surface area contributed by atoms with Crippen LogP contribution in [0.5, 0.6) is 0 Å². The summed E-state index contributed by atoms with van der Waals surface area (Å²) in [7, 11) is 0. The van der Waals surface area contributed by atoms with Gasteiger partial charge >= 0.3 is 5.97 Å². The number of aromatic carboxylic acids is 1. The SMILES string of the molecule is O=C(O)c1ccc(-c2noc(CN3CCN(C[C@@H]4CCCO4)CC3)n2)cc1. The number of aromatic nitrogens is 2. The van der Waals surface area contributed by atoms with E-state index >= 15 is 0 Å². The quantitative estimate of drug-likeness (QED) is 0.820. The molecule has 8 heteroatoms. The highest BCUT2D eigenvalue weighted by molar-refractivity contribution is 5.88. The number of carboxylic acids is 1. The first-order chi connectivity index (χ1) is 13.2. The molecule has 0 aliphatic carbocycles. The van der Waals surface area contributed by atoms with E-state index in [1.165, 1.54) is 12.8 Å². The van der Waals surface area contributed by atoms with Crippen molar-refractivity contribution < 1.29 is 19.2 Å². The van der Waals surface area contributed by atoms with E-state index in [1.807, 2.05) is 0 Å². The van der Waals surface area contributed by atoms with Crippen LogP contribution in [0.25, 0.3) is 11.4 Å². The van der Waals surface area contributed by atoms with Crippen LogP contribution >= 0.6 is 0 Å². The predicted molar refractivity (Wildman–Crippen MR) is 97.4 cm³/mol. The zero-order valence-corrected chi connectivity index (χ0v) is 15.2. The number of rotatable bonds is 6. The number of hydrogen-bond acceptors (Lipinski definition) is 7. The van der Waals surface area contributed by atoms with Gasteiger partial charge in [-0.05, 0) is 25.0 Å². The number of hydrogen-bond donors (Lipinski definition) is 1. The Kier molecular flexibility index (Phi) is 5.47. The minimum atomic E-state index is -0.950. The van der Waals surface area contributed by atoms with Crippen LogP contribution in [0.3, 0.4) is 0 Å². The summed E-state index contributed by atoms with van der Waals surface area (Å²) in [4.78, 5) is 20.2. The van der Waals surface area contributed by atoms with Gasteiger partial charge in [-0.1, -0.05) is 17.3 Å². The maximum atomic E-state index is 10.9. The molecule has 0 radical (unpaired) electrons. The molecule has 0 saturated carbocycles. The van der Waals surface area contributed by atoms with Gasteiger partial charge in [0.2, 0.25) is 11.7 Å². The summed E-state index contributed by atoms with van der Waals surface area (Å²) in [5, 5.41) is 13.0. The van der Waals surface area contributed by atoms with Crippen molar-refractivity contribution in [3.8, 4) is 11.4 Å². The maximum Gasteiger partial charge on any atom is 0.335 e. The summed E-state index contributed by atoms with van der Waals surface area (Å²) in [5.74, 6) is 0.118. The lowest BCUT2D eigenvalue weighted by Gasteiger charge is -2.34. The molecule has 8 nitrogen and oxygen atoms in total. The van der Waals surface area contributed by atoms with Crippen molar-refractivity contribution in [3.05, 3.63) is 35.7 Å². The highest BCUT2D eigenvalue weighted by Gasteiger charge is 2.23. The number of carbonyl (C=O) groups is 1. The number of piperazine rings is 1. The van der Waals surface area contributed by atoms with Crippen molar-refractivity contribution in [1.82, 2.24) is 19.9 Å². The first-order valence-corrected chi connectivity index (χ1v) is 9.40. The molecular weight excluding hydrogens is 348 g/mol. The van der Waals surface area contributed by atoms with Gasteiger partial charge in [0.15, 0.2) is 0 Å². The fraction of sp³-hybridized carbons (Fsp3) is 0.526. The lowest BCUT2D eigenvalue weighted by atomic mass is 10.1. The molecule has 27 heavy (non-hydrogen) atoms. The van der Waals surface area contributed by atoms with Gasteiger partial charge in [-0.25, -0.2) is 4.79 Å². The van der Waals surface area contributed by atoms with Crippen LogP contribution in [0.15, 0.2) is 28.8 Å². The van der Waals surface area contributed by atoms with Crippen molar-refractivity contribution in [3.63, 3.8) is 0 Å². The molecule has 1 N–H and O–H groups in total. The van der Waals surface area contributed by atoms with Gasteiger partial charge in [0.25, 0.3) is 0 Å². The van der Waals surface area contributed by atoms with Crippen LogP contribution < -0.4 is 0 Å². The lowest BCUT2D eigenvalue weighted by molar-refractivity contribution is 0.0468. The number of benzene rings is 1. The van der Waals surface area contributed by atoms with Crippen LogP contribution in [0.2, 0.25) is 0 Å². The Morgan fingerprint density at radius 1 is 1.15 bits per heavy atom. The van der Waals surface area contributed by atoms with Gasteiger partial charge in [0.1, 0.15) is 0 Å². The number of carboxylic acid groups (broad SMARTS) is 1. The minimum Gasteiger partial charge on any atom is -0.478 e. The maximum absolute atomic E-state index is 10.9. The van der Waals surface area contributed by atoms with E-state index < -0.39 is 5.97 Å². The van der Waals surface area contributed by atoms with Gasteiger partial charge < -0.3 is 14.4 Å². The Labute approximate surface area is 157 Å². The standard InChI is InChI=1S/C19H24N4O4/c24-19(25)15-5-3-14(4-6-15)18-20-17(27-21-18)13-23-9-7-22(8-10-23)12-16-2-1-11-26-16/h3-6,16H,1-2,7-13H2,(H,24,25)/t16-/m0/s1. The molecule has 1 aromatic heterocycles. The normalized spacial score (nSPS) is 21.6. The van der Waals surface area contributed by atoms with Crippen LogP contribution in [-0.2, 0) is 11.3 Å². The van der Waals surface area contributed by atoms with E-state index in [0.717, 1.165) is 44.9 Å². The molecule has 2 aromatic rings. The third-order valence-electron chi connectivity index (χ3n) is 5.17. The Morgan fingerprint density at radius 2 is 1.89 bits per heavy atom. The average Bonchev–Trinajstić information content (AvgIpc) is 3.36. The van der Waals surface area contributed by atoms with E-state index in [-0.39, 0.29) is 5.56 Å². The van der Waals surface area contributed by atoms with Crippen molar-refractivity contribution >= 4 is 5.97 Å². The van der Waals surface area contributed by atoms with Gasteiger partial charge in [0, 0.05) is 44.9 Å². The Morgan fingerprint density at radius 3 is 2.56 bits per heavy atom. The molecule has 4 rings (SSSR count). The topological polar surface area (TPSA) is 91.9 Å². The molecule has 2 fully saturated rings. The summed E-state index contributed by atoms with van der Waals surface area (Å²) in [6.45, 7) is 6.56. The molecular formula is C19H24N4O4. The molecule has 1 atom stereocenters. The number of nitrogens with zero attached hydrogens (tertiary/aromatic N) is 4. The molecule has 2 saturated heterocycles. The number of ether oxygens (including phenoxy) is 1. The second kappa shape index (κ2) is 8.16. The fourth-order valence-corrected chi connectivity index (χ4v) is 3.60. The monoisotopic (exact) mass is 372 g/mol. The molecule has 144 valence electrons. The van der Waals surface area contributed by atoms with Crippen molar-refractivity contribution in [2.75, 3.05) is 39.3 Å². The first-order valence-electron chi connectivity index (χ1n) is 9.40. The lowest BCUT2D eigenvalue weighted by Crippen LogP contribution is -2.48. The van der Waals surface area contributed by atoms with Crippen molar-refractivity contribution in [2.24, 2.45) is 0 Å². The summed E-state index contributed by atoms with van der Waals surface area (Å²) in [6, 6.07) is 6.48. The summed E-state index contributed by atoms with van der Waals surface area (Å²) in [5.41, 5.74) is 0.986. The molecule has 0 amide bonds. The molecule has 0 unspecified atom stereocenters. The van der Waals surface area contributed by atoms with Crippen LogP contribution in [0, 0.1) is 0 Å². The van der Waals surface area contributed by atoms with Crippen molar-refractivity contribution in [2.45, 2.75) is 25.5 Å². The van der Waals surface area contributed by atoms with Gasteiger partial charge in [0.05, 0.1) is 18.2 Å². The van der Waals surface area contributed by atoms with E-state index in [4.69, 9.17) is 14.4 Å². The summed E-state index contributed by atoms with van der Waals surface area (Å²) >= 11 is 0. The van der Waals surface area contributed by atoms with Gasteiger partial charge in [-0.15, -0.1) is 0 Å². The summed E-state index contributed by atoms with van der Waals surface area (Å²) < 4.78 is 11.1. The van der Waals surface area contributed by atoms with E-state index in [2.05, 4.69) is 19.9 Å². The third-order valence-corrected chi connectivity index (χ3v) is 5.17. The Balaban J connectivity index is 1.29. The minimum absolute atomic E-state index is 0.239. The van der Waals surface area contributed by atoms with Crippen LogP contribution in [0.1, 0.15) is 29.1 Å². The smallest absolute Gasteiger partial charge is 0.335 e. The Bertz CT molecular complexity index is 762. The molecule has 0 bridgehead atoms. The van der Waals surface area contributed by atoms with Crippen LogP contribution in [0.4, 0.5) is 0 Å². The van der Waals surface area contributed by atoms with E-state index in [9.17, 15) is 4.79 Å². The highest BCUT2D eigenvalue weighted by Crippen LogP contribution is 2.18. The van der Waals surface area contributed by atoms with Crippen LogP contribution in [-0.4, -0.2) is 76.5 Å². The zero-order valence-electron chi connectivity index (χ0n) is 15.2. The zero-order chi connectivity index (χ0) is 18.6. The average molecular weight is 372 g/mol. The second-order valence-corrected chi connectivity index (χ2v) is 7.11. The third kappa shape index (κ3) is 4.52.